The van der Waals surface area contributed by atoms with Gasteiger partial charge in [-0.05, 0) is 30.3 Å². The van der Waals surface area contributed by atoms with Crippen molar-refractivity contribution >= 4 is 23.0 Å². The Balaban J connectivity index is 2.24. The number of nitro groups is 1. The molecule has 0 atom stereocenters. The van der Waals surface area contributed by atoms with Crippen LogP contribution < -0.4 is 10.1 Å². The fourth-order valence-corrected chi connectivity index (χ4v) is 2.00. The molecule has 0 aliphatic heterocycles. The van der Waals surface area contributed by atoms with E-state index in [1.807, 2.05) is 0 Å². The van der Waals surface area contributed by atoms with Crippen molar-refractivity contribution in [3.8, 4) is 11.5 Å². The lowest BCUT2D eigenvalue weighted by atomic mass is 10.1. The maximum absolute atomic E-state index is 11.0. The minimum absolute atomic E-state index is 0.0768. The minimum Gasteiger partial charge on any atom is -0.508 e. The summed E-state index contributed by atoms with van der Waals surface area (Å²) < 4.78 is 5.07. The van der Waals surface area contributed by atoms with Crippen LogP contribution in [0, 0.1) is 10.1 Å². The number of hydrogen-bond acceptors (Lipinski definition) is 5. The zero-order valence-electron chi connectivity index (χ0n) is 11.2. The molecular weight excluding hydrogens is 296 g/mol. The molecule has 0 amide bonds. The molecule has 0 aromatic heterocycles. The van der Waals surface area contributed by atoms with Crippen LogP contribution >= 0.6 is 11.6 Å². The normalized spacial score (nSPS) is 10.2. The van der Waals surface area contributed by atoms with Crippen LogP contribution in [0.1, 0.15) is 5.56 Å². The lowest BCUT2D eigenvalue weighted by molar-refractivity contribution is -0.384. The Morgan fingerprint density at radius 3 is 2.76 bits per heavy atom. The lowest BCUT2D eigenvalue weighted by Crippen LogP contribution is -2.03. The van der Waals surface area contributed by atoms with Crippen molar-refractivity contribution in [1.82, 2.24) is 0 Å². The number of ether oxygens (including phenoxy) is 1. The third-order valence-corrected chi connectivity index (χ3v) is 3.15. The number of phenols is 1. The molecule has 0 spiro atoms. The number of hydrogen-bond donors (Lipinski definition) is 2. The Morgan fingerprint density at radius 1 is 1.33 bits per heavy atom. The Morgan fingerprint density at radius 2 is 2.10 bits per heavy atom. The van der Waals surface area contributed by atoms with Crippen LogP contribution in [0.25, 0.3) is 0 Å². The molecule has 2 N–H and O–H groups in total. The third-order valence-electron chi connectivity index (χ3n) is 2.91. The summed E-state index contributed by atoms with van der Waals surface area (Å²) >= 11 is 5.85. The van der Waals surface area contributed by atoms with Crippen LogP contribution in [-0.4, -0.2) is 17.1 Å². The zero-order chi connectivity index (χ0) is 15.4. The number of aromatic hydroxyl groups is 1. The van der Waals surface area contributed by atoms with Gasteiger partial charge in [-0.25, -0.2) is 0 Å². The van der Waals surface area contributed by atoms with Crippen molar-refractivity contribution in [2.75, 3.05) is 12.4 Å². The molecule has 2 aromatic rings. The van der Waals surface area contributed by atoms with Crippen LogP contribution in [0.5, 0.6) is 11.5 Å². The van der Waals surface area contributed by atoms with Gasteiger partial charge in [0.15, 0.2) is 0 Å². The van der Waals surface area contributed by atoms with Crippen molar-refractivity contribution in [1.29, 1.82) is 0 Å². The molecule has 21 heavy (non-hydrogen) atoms. The number of benzene rings is 2. The molecule has 0 saturated heterocycles. The Bertz CT molecular complexity index is 676. The van der Waals surface area contributed by atoms with Gasteiger partial charge in [-0.1, -0.05) is 11.6 Å². The summed E-state index contributed by atoms with van der Waals surface area (Å²) in [4.78, 5) is 10.5. The smallest absolute Gasteiger partial charge is 0.292 e. The summed E-state index contributed by atoms with van der Waals surface area (Å²) in [7, 11) is 1.52. The number of methoxy groups -OCH3 is 1. The van der Waals surface area contributed by atoms with E-state index in [1.165, 1.54) is 31.4 Å². The average Bonchev–Trinajstić information content (AvgIpc) is 2.46. The van der Waals surface area contributed by atoms with Crippen molar-refractivity contribution < 1.29 is 14.8 Å². The number of anilines is 1. The molecule has 2 rings (SSSR count). The molecule has 0 heterocycles. The van der Waals surface area contributed by atoms with E-state index in [2.05, 4.69) is 5.32 Å². The first kappa shape index (κ1) is 14.9. The Kier molecular flexibility index (Phi) is 4.49. The molecule has 7 heteroatoms. The largest absolute Gasteiger partial charge is 0.508 e. The van der Waals surface area contributed by atoms with Crippen molar-refractivity contribution in [2.24, 2.45) is 0 Å². The van der Waals surface area contributed by atoms with Crippen LogP contribution in [-0.2, 0) is 6.54 Å². The Hall–Kier alpha value is -2.47. The molecule has 0 aliphatic rings. The maximum Gasteiger partial charge on any atom is 0.292 e. The van der Waals surface area contributed by atoms with Crippen LogP contribution in [0.4, 0.5) is 11.4 Å². The van der Waals surface area contributed by atoms with Gasteiger partial charge in [-0.15, -0.1) is 0 Å². The summed E-state index contributed by atoms with van der Waals surface area (Å²) in [5, 5.41) is 24.0. The highest BCUT2D eigenvalue weighted by Crippen LogP contribution is 2.29. The fraction of sp³-hybridized carbons (Fsp3) is 0.143. The van der Waals surface area contributed by atoms with E-state index in [0.717, 1.165) is 0 Å². The summed E-state index contributed by atoms with van der Waals surface area (Å²) in [6, 6.07) is 9.03. The molecule has 0 saturated carbocycles. The molecule has 2 aromatic carbocycles. The number of nitrogens with zero attached hydrogens (tertiary/aromatic N) is 1. The Labute approximate surface area is 126 Å². The topological polar surface area (TPSA) is 84.6 Å². The van der Waals surface area contributed by atoms with Crippen molar-refractivity contribution in [3.63, 3.8) is 0 Å². The molecule has 110 valence electrons. The third kappa shape index (κ3) is 3.55. The second-order valence-corrected chi connectivity index (χ2v) is 4.70. The number of halogens is 1. The molecule has 0 radical (unpaired) electrons. The molecule has 0 bridgehead atoms. The van der Waals surface area contributed by atoms with Gasteiger partial charge >= 0.3 is 0 Å². The van der Waals surface area contributed by atoms with Crippen molar-refractivity contribution in [2.45, 2.75) is 6.54 Å². The number of rotatable bonds is 5. The minimum atomic E-state index is -0.496. The second-order valence-electron chi connectivity index (χ2n) is 4.27. The molecular formula is C14H13ClN2O4. The summed E-state index contributed by atoms with van der Waals surface area (Å²) in [5.41, 5.74) is 0.764. The zero-order valence-corrected chi connectivity index (χ0v) is 11.9. The number of phenolic OH excluding ortho intramolecular Hbond substituents is 1. The van der Waals surface area contributed by atoms with Gasteiger partial charge in [-0.3, -0.25) is 10.1 Å². The standard InChI is InChI=1S/C14H13ClN2O4/c1-21-11-3-5-14(18)9(6-11)8-16-12-7-10(15)2-4-13(12)17(19)20/h2-7,16,18H,8H2,1H3. The van der Waals surface area contributed by atoms with E-state index in [0.29, 0.717) is 16.3 Å². The van der Waals surface area contributed by atoms with Gasteiger partial charge < -0.3 is 15.2 Å². The molecule has 0 fully saturated rings. The van der Waals surface area contributed by atoms with E-state index < -0.39 is 4.92 Å². The number of nitro benzene ring substituents is 1. The van der Waals surface area contributed by atoms with E-state index in [9.17, 15) is 15.2 Å². The highest BCUT2D eigenvalue weighted by molar-refractivity contribution is 6.31. The first-order valence-electron chi connectivity index (χ1n) is 6.05. The predicted molar refractivity (Wildman–Crippen MR) is 80.1 cm³/mol. The van der Waals surface area contributed by atoms with Crippen LogP contribution in [0.2, 0.25) is 5.02 Å². The summed E-state index contributed by atoms with van der Waals surface area (Å²) in [5.74, 6) is 0.665. The van der Waals surface area contributed by atoms with Crippen molar-refractivity contribution in [3.05, 3.63) is 57.1 Å². The predicted octanol–water partition coefficient (Wildman–Crippen LogP) is 3.57. The van der Waals surface area contributed by atoms with Gasteiger partial charge in [-0.2, -0.15) is 0 Å². The monoisotopic (exact) mass is 308 g/mol. The molecule has 0 aliphatic carbocycles. The first-order valence-corrected chi connectivity index (χ1v) is 6.42. The summed E-state index contributed by atoms with van der Waals surface area (Å²) in [6.07, 6.45) is 0. The average molecular weight is 309 g/mol. The van der Waals surface area contributed by atoms with E-state index in [4.69, 9.17) is 16.3 Å². The van der Waals surface area contributed by atoms with Crippen LogP contribution in [0.15, 0.2) is 36.4 Å². The van der Waals surface area contributed by atoms with E-state index >= 15 is 0 Å². The van der Waals surface area contributed by atoms with Gasteiger partial charge in [0.05, 0.1) is 12.0 Å². The molecule has 0 unspecified atom stereocenters. The first-order chi connectivity index (χ1) is 10.0. The van der Waals surface area contributed by atoms with E-state index in [1.54, 1.807) is 12.1 Å². The molecule has 6 nitrogen and oxygen atoms in total. The fourth-order valence-electron chi connectivity index (χ4n) is 1.83. The highest BCUT2D eigenvalue weighted by Gasteiger charge is 2.14. The van der Waals surface area contributed by atoms with Gasteiger partial charge in [0.2, 0.25) is 0 Å². The maximum atomic E-state index is 11.0. The summed E-state index contributed by atoms with van der Waals surface area (Å²) in [6.45, 7) is 0.199. The second kappa shape index (κ2) is 6.32. The number of nitrogens with one attached hydrogen (secondary N) is 1. The lowest BCUT2D eigenvalue weighted by Gasteiger charge is -2.10. The highest BCUT2D eigenvalue weighted by atomic mass is 35.5. The quantitative estimate of drug-likeness (QED) is 0.651. The van der Waals surface area contributed by atoms with Crippen LogP contribution in [0.3, 0.4) is 0 Å². The van der Waals surface area contributed by atoms with Gasteiger partial charge in [0.25, 0.3) is 5.69 Å². The van der Waals surface area contributed by atoms with E-state index in [-0.39, 0.29) is 23.7 Å². The SMILES string of the molecule is COc1ccc(O)c(CNc2cc(Cl)ccc2[N+](=O)[O-])c1. The van der Waals surface area contributed by atoms with Gasteiger partial charge in [0.1, 0.15) is 17.2 Å². The van der Waals surface area contributed by atoms with Gasteiger partial charge in [0, 0.05) is 23.2 Å².